The van der Waals surface area contributed by atoms with Crippen LogP contribution in [0.5, 0.6) is 5.75 Å². The van der Waals surface area contributed by atoms with Crippen molar-refractivity contribution in [1.29, 1.82) is 0 Å². The summed E-state index contributed by atoms with van der Waals surface area (Å²) in [5.74, 6) is 1.66. The van der Waals surface area contributed by atoms with Crippen LogP contribution in [0, 0.1) is 11.3 Å². The Hall–Kier alpha value is -2.47. The van der Waals surface area contributed by atoms with Gasteiger partial charge in [-0.15, -0.1) is 11.3 Å². The Morgan fingerprint density at radius 1 is 1.36 bits per heavy atom. The third kappa shape index (κ3) is 3.61. The Bertz CT molecular complexity index is 1020. The number of hydrazone groups is 1. The van der Waals surface area contributed by atoms with Gasteiger partial charge in [0.1, 0.15) is 16.9 Å². The van der Waals surface area contributed by atoms with Crippen molar-refractivity contribution in [2.75, 3.05) is 5.43 Å². The fraction of sp³-hybridized carbons (Fsp3) is 0.409. The number of aryl methyl sites for hydroxylation is 1. The van der Waals surface area contributed by atoms with Gasteiger partial charge in [0.25, 0.3) is 0 Å². The van der Waals surface area contributed by atoms with Crippen LogP contribution in [0.25, 0.3) is 10.2 Å². The molecule has 28 heavy (non-hydrogen) atoms. The fourth-order valence-electron chi connectivity index (χ4n) is 3.92. The monoisotopic (exact) mass is 394 g/mol. The van der Waals surface area contributed by atoms with Gasteiger partial charge in [-0.25, -0.2) is 9.97 Å². The van der Waals surface area contributed by atoms with Gasteiger partial charge in [-0.2, -0.15) is 5.10 Å². The maximum absolute atomic E-state index is 9.58. The van der Waals surface area contributed by atoms with E-state index >= 15 is 0 Å². The van der Waals surface area contributed by atoms with E-state index in [4.69, 9.17) is 0 Å². The van der Waals surface area contributed by atoms with Crippen LogP contribution in [0.3, 0.4) is 0 Å². The zero-order valence-corrected chi connectivity index (χ0v) is 17.4. The molecule has 6 heteroatoms. The van der Waals surface area contributed by atoms with Crippen LogP contribution >= 0.6 is 11.3 Å². The number of benzene rings is 1. The summed E-state index contributed by atoms with van der Waals surface area (Å²) in [6, 6.07) is 7.00. The van der Waals surface area contributed by atoms with Gasteiger partial charge in [0.05, 0.1) is 11.6 Å². The molecule has 0 saturated carbocycles. The zero-order chi connectivity index (χ0) is 19.7. The molecule has 1 atom stereocenters. The number of nitrogens with one attached hydrogen (secondary N) is 1. The first-order valence-electron chi connectivity index (χ1n) is 9.81. The Kier molecular flexibility index (Phi) is 5.06. The number of aromatic hydroxyl groups is 1. The van der Waals surface area contributed by atoms with Crippen LogP contribution in [0.4, 0.5) is 5.82 Å². The van der Waals surface area contributed by atoms with E-state index < -0.39 is 0 Å². The van der Waals surface area contributed by atoms with Gasteiger partial charge < -0.3 is 5.11 Å². The SMILES string of the molecule is CCC(C)(C)[C@H]1CCc2sc3ncnc(N/N=C\c4cccc(O)c4)c3c2C1. The minimum Gasteiger partial charge on any atom is -0.508 e. The van der Waals surface area contributed by atoms with Crippen molar-refractivity contribution < 1.29 is 5.11 Å². The van der Waals surface area contributed by atoms with Crippen molar-refractivity contribution in [2.45, 2.75) is 46.5 Å². The summed E-state index contributed by atoms with van der Waals surface area (Å²) in [5.41, 5.74) is 5.66. The molecule has 146 valence electrons. The lowest BCUT2D eigenvalue weighted by molar-refractivity contribution is 0.184. The van der Waals surface area contributed by atoms with Crippen molar-refractivity contribution in [2.24, 2.45) is 16.4 Å². The van der Waals surface area contributed by atoms with Crippen molar-refractivity contribution >= 4 is 33.6 Å². The number of anilines is 1. The maximum atomic E-state index is 9.58. The van der Waals surface area contributed by atoms with E-state index in [-0.39, 0.29) is 5.75 Å². The number of hydrogen-bond donors (Lipinski definition) is 2. The summed E-state index contributed by atoms with van der Waals surface area (Å²) in [4.78, 5) is 11.5. The molecule has 0 fully saturated rings. The molecule has 1 aliphatic rings. The average molecular weight is 395 g/mol. The van der Waals surface area contributed by atoms with Crippen LogP contribution in [0.1, 0.15) is 49.6 Å². The largest absolute Gasteiger partial charge is 0.508 e. The maximum Gasteiger partial charge on any atom is 0.158 e. The molecule has 5 nitrogen and oxygen atoms in total. The molecule has 2 heterocycles. The average Bonchev–Trinajstić information content (AvgIpc) is 3.06. The van der Waals surface area contributed by atoms with E-state index in [9.17, 15) is 5.11 Å². The molecule has 0 spiro atoms. The Morgan fingerprint density at radius 3 is 3.00 bits per heavy atom. The summed E-state index contributed by atoms with van der Waals surface area (Å²) >= 11 is 1.79. The minimum atomic E-state index is 0.227. The van der Waals surface area contributed by atoms with E-state index in [0.717, 1.165) is 34.4 Å². The number of aromatic nitrogens is 2. The quantitative estimate of drug-likeness (QED) is 0.450. The first-order chi connectivity index (χ1) is 13.5. The molecule has 3 aromatic rings. The summed E-state index contributed by atoms with van der Waals surface area (Å²) in [5, 5.41) is 15.0. The third-order valence-electron chi connectivity index (χ3n) is 6.11. The van der Waals surface area contributed by atoms with E-state index in [1.807, 2.05) is 6.07 Å². The van der Waals surface area contributed by atoms with E-state index in [1.165, 1.54) is 23.3 Å². The summed E-state index contributed by atoms with van der Waals surface area (Å²) in [7, 11) is 0. The summed E-state index contributed by atoms with van der Waals surface area (Å²) in [6.07, 6.45) is 7.92. The molecular weight excluding hydrogens is 368 g/mol. The van der Waals surface area contributed by atoms with Gasteiger partial charge >= 0.3 is 0 Å². The number of rotatable bonds is 5. The highest BCUT2D eigenvalue weighted by molar-refractivity contribution is 7.19. The number of hydrogen-bond acceptors (Lipinski definition) is 6. The van der Waals surface area contributed by atoms with Crippen LogP contribution in [0.15, 0.2) is 35.7 Å². The standard InChI is InChI=1S/C22H26N4OS/c1-4-22(2,3)15-8-9-18-17(11-15)19-20(23-13-24-21(19)28-18)26-25-12-14-6-5-7-16(27)10-14/h5-7,10,12-13,15,27H,4,8-9,11H2,1-3H3,(H,23,24,26)/b25-12-/t15-/m0/s1. The summed E-state index contributed by atoms with van der Waals surface area (Å²) < 4.78 is 0. The van der Waals surface area contributed by atoms with Crippen LogP contribution in [-0.4, -0.2) is 21.3 Å². The second-order valence-electron chi connectivity index (χ2n) is 8.15. The highest BCUT2D eigenvalue weighted by Gasteiger charge is 2.33. The van der Waals surface area contributed by atoms with Crippen LogP contribution in [-0.2, 0) is 12.8 Å². The predicted octanol–water partition coefficient (Wildman–Crippen LogP) is 5.38. The number of thiophene rings is 1. The van der Waals surface area contributed by atoms with E-state index in [1.54, 1.807) is 42.1 Å². The second kappa shape index (κ2) is 7.51. The van der Waals surface area contributed by atoms with E-state index in [0.29, 0.717) is 11.3 Å². The molecule has 0 aliphatic heterocycles. The van der Waals surface area contributed by atoms with Gasteiger partial charge in [-0.05, 0) is 53.9 Å². The van der Waals surface area contributed by atoms with Crippen molar-refractivity contribution in [1.82, 2.24) is 9.97 Å². The van der Waals surface area contributed by atoms with E-state index in [2.05, 4.69) is 41.3 Å². The van der Waals surface area contributed by atoms with Gasteiger partial charge in [-0.1, -0.05) is 39.3 Å². The highest BCUT2D eigenvalue weighted by Crippen LogP contribution is 2.45. The topological polar surface area (TPSA) is 70.4 Å². The third-order valence-corrected chi connectivity index (χ3v) is 7.31. The lowest BCUT2D eigenvalue weighted by atomic mass is 9.69. The number of fused-ring (bicyclic) bond motifs is 3. The molecule has 0 amide bonds. The number of nitrogens with zero attached hydrogens (tertiary/aromatic N) is 3. The van der Waals surface area contributed by atoms with Crippen molar-refractivity contribution in [3.63, 3.8) is 0 Å². The van der Waals surface area contributed by atoms with Crippen LogP contribution in [0.2, 0.25) is 0 Å². The zero-order valence-electron chi connectivity index (χ0n) is 16.6. The lowest BCUT2D eigenvalue weighted by Crippen LogP contribution is -2.28. The fourth-order valence-corrected chi connectivity index (χ4v) is 5.11. The van der Waals surface area contributed by atoms with Gasteiger partial charge in [0.15, 0.2) is 5.82 Å². The molecule has 0 saturated heterocycles. The van der Waals surface area contributed by atoms with Gasteiger partial charge in [0, 0.05) is 4.88 Å². The molecule has 2 aromatic heterocycles. The molecule has 1 aliphatic carbocycles. The first-order valence-corrected chi connectivity index (χ1v) is 10.6. The smallest absolute Gasteiger partial charge is 0.158 e. The van der Waals surface area contributed by atoms with Gasteiger partial charge in [-0.3, -0.25) is 5.43 Å². The molecule has 2 N–H and O–H groups in total. The minimum absolute atomic E-state index is 0.227. The highest BCUT2D eigenvalue weighted by atomic mass is 32.1. The Labute approximate surface area is 169 Å². The van der Waals surface area contributed by atoms with Crippen molar-refractivity contribution in [3.05, 3.63) is 46.6 Å². The van der Waals surface area contributed by atoms with Gasteiger partial charge in [0.2, 0.25) is 0 Å². The molecule has 0 radical (unpaired) electrons. The predicted molar refractivity (Wildman–Crippen MR) is 116 cm³/mol. The molecule has 0 bridgehead atoms. The van der Waals surface area contributed by atoms with Crippen molar-refractivity contribution in [3.8, 4) is 5.75 Å². The van der Waals surface area contributed by atoms with Crippen LogP contribution < -0.4 is 5.43 Å². The molecule has 1 aromatic carbocycles. The normalized spacial score (nSPS) is 17.2. The summed E-state index contributed by atoms with van der Waals surface area (Å²) in [6.45, 7) is 7.05. The number of phenolic OH excluding ortho intramolecular Hbond substituents is 1. The molecule has 0 unspecified atom stereocenters. The number of phenols is 1. The first kappa shape index (κ1) is 18.9. The Morgan fingerprint density at radius 2 is 2.21 bits per heavy atom. The Balaban J connectivity index is 1.64. The molecular formula is C22H26N4OS. The molecule has 4 rings (SSSR count). The second-order valence-corrected chi connectivity index (χ2v) is 9.24. The lowest BCUT2D eigenvalue weighted by Gasteiger charge is -2.36.